The Kier molecular flexibility index (Phi) is 4.80. The van der Waals surface area contributed by atoms with Crippen molar-refractivity contribution in [1.29, 1.82) is 0 Å². The summed E-state index contributed by atoms with van der Waals surface area (Å²) in [6.45, 7) is 4.15. The Bertz CT molecular complexity index is 1200. The number of aryl methyl sites for hydroxylation is 1. The number of amides is 1. The van der Waals surface area contributed by atoms with Gasteiger partial charge in [0, 0.05) is 18.7 Å². The number of likely N-dealkylation sites (tertiary alicyclic amines) is 1. The van der Waals surface area contributed by atoms with Gasteiger partial charge in [0.05, 0.1) is 28.7 Å². The van der Waals surface area contributed by atoms with Crippen LogP contribution < -0.4 is 10.1 Å². The zero-order valence-corrected chi connectivity index (χ0v) is 19.3. The lowest BCUT2D eigenvalue weighted by atomic mass is 9.65. The lowest BCUT2D eigenvalue weighted by Crippen LogP contribution is -2.40. The summed E-state index contributed by atoms with van der Waals surface area (Å²) in [6, 6.07) is 14.5. The Labute approximate surface area is 194 Å². The molecule has 0 radical (unpaired) electrons. The number of nitrogens with zero attached hydrogens (tertiary/aromatic N) is 3. The Hall–Kier alpha value is -3.12. The normalized spacial score (nSPS) is 19.9. The molecular formula is C27H30N4O2. The van der Waals surface area contributed by atoms with E-state index < -0.39 is 5.41 Å². The van der Waals surface area contributed by atoms with Gasteiger partial charge in [-0.1, -0.05) is 24.6 Å². The molecule has 33 heavy (non-hydrogen) atoms. The minimum absolute atomic E-state index is 0.127. The monoisotopic (exact) mass is 442 g/mol. The quantitative estimate of drug-likeness (QED) is 0.637. The number of piperidine rings is 1. The van der Waals surface area contributed by atoms with Gasteiger partial charge in [0.15, 0.2) is 0 Å². The van der Waals surface area contributed by atoms with Crippen LogP contribution in [0, 0.1) is 6.92 Å². The molecule has 1 saturated carbocycles. The van der Waals surface area contributed by atoms with E-state index in [1.807, 2.05) is 29.1 Å². The van der Waals surface area contributed by atoms with Crippen LogP contribution in [-0.2, 0) is 10.2 Å². The Balaban J connectivity index is 1.48. The van der Waals surface area contributed by atoms with Gasteiger partial charge in [-0.2, -0.15) is 5.10 Å². The minimum atomic E-state index is -0.401. The van der Waals surface area contributed by atoms with E-state index in [2.05, 4.69) is 53.6 Å². The molecule has 1 saturated heterocycles. The van der Waals surface area contributed by atoms with Crippen molar-refractivity contribution in [3.8, 4) is 22.7 Å². The molecule has 3 heterocycles. The molecule has 1 aliphatic carbocycles. The largest absolute Gasteiger partial charge is 0.488 e. The first kappa shape index (κ1) is 20.5. The van der Waals surface area contributed by atoms with Gasteiger partial charge in [-0.3, -0.25) is 4.79 Å². The van der Waals surface area contributed by atoms with Crippen molar-refractivity contribution in [3.63, 3.8) is 0 Å². The van der Waals surface area contributed by atoms with Crippen LogP contribution in [0.4, 0.5) is 5.69 Å². The number of hydrogen-bond acceptors (Lipinski definition) is 4. The lowest BCUT2D eigenvalue weighted by molar-refractivity contribution is -0.123. The first-order valence-electron chi connectivity index (χ1n) is 12.0. The molecule has 0 atom stereocenters. The molecule has 1 spiro atoms. The molecule has 6 heteroatoms. The van der Waals surface area contributed by atoms with Crippen LogP contribution in [0.1, 0.15) is 43.2 Å². The van der Waals surface area contributed by atoms with Crippen LogP contribution >= 0.6 is 0 Å². The number of rotatable bonds is 4. The molecule has 6 rings (SSSR count). The molecule has 0 bridgehead atoms. The van der Waals surface area contributed by atoms with E-state index in [-0.39, 0.29) is 12.0 Å². The van der Waals surface area contributed by atoms with Gasteiger partial charge < -0.3 is 15.0 Å². The maximum atomic E-state index is 13.1. The summed E-state index contributed by atoms with van der Waals surface area (Å²) < 4.78 is 8.60. The number of para-hydroxylation sites is 1. The average molecular weight is 443 g/mol. The maximum absolute atomic E-state index is 13.1. The molecule has 1 amide bonds. The van der Waals surface area contributed by atoms with Gasteiger partial charge in [0.1, 0.15) is 11.9 Å². The van der Waals surface area contributed by atoms with E-state index in [1.54, 1.807) is 0 Å². The Morgan fingerprint density at radius 2 is 1.88 bits per heavy atom. The second kappa shape index (κ2) is 7.73. The predicted molar refractivity (Wildman–Crippen MR) is 129 cm³/mol. The van der Waals surface area contributed by atoms with Crippen LogP contribution in [0.3, 0.4) is 0 Å². The van der Waals surface area contributed by atoms with Crippen molar-refractivity contribution in [2.45, 2.75) is 50.5 Å². The first-order valence-corrected chi connectivity index (χ1v) is 12.0. The minimum Gasteiger partial charge on any atom is -0.488 e. The van der Waals surface area contributed by atoms with Crippen molar-refractivity contribution in [2.75, 3.05) is 25.5 Å². The highest BCUT2D eigenvalue weighted by atomic mass is 16.5. The number of benzene rings is 2. The van der Waals surface area contributed by atoms with Crippen molar-refractivity contribution in [3.05, 3.63) is 59.8 Å². The molecule has 1 N–H and O–H groups in total. The summed E-state index contributed by atoms with van der Waals surface area (Å²) in [5, 5.41) is 7.88. The topological polar surface area (TPSA) is 59.4 Å². The number of anilines is 1. The number of aromatic nitrogens is 2. The van der Waals surface area contributed by atoms with Crippen LogP contribution in [0.25, 0.3) is 16.9 Å². The smallest absolute Gasteiger partial charge is 0.235 e. The molecule has 2 aromatic carbocycles. The zero-order chi connectivity index (χ0) is 22.6. The van der Waals surface area contributed by atoms with E-state index >= 15 is 0 Å². The molecule has 2 fully saturated rings. The van der Waals surface area contributed by atoms with Gasteiger partial charge in [0.2, 0.25) is 5.91 Å². The van der Waals surface area contributed by atoms with Crippen molar-refractivity contribution in [2.24, 2.45) is 0 Å². The molecular weight excluding hydrogens is 412 g/mol. The van der Waals surface area contributed by atoms with Crippen molar-refractivity contribution in [1.82, 2.24) is 14.7 Å². The predicted octanol–water partition coefficient (Wildman–Crippen LogP) is 4.69. The fourth-order valence-electron chi connectivity index (χ4n) is 5.56. The second-order valence-electron chi connectivity index (χ2n) is 9.83. The highest BCUT2D eigenvalue weighted by molar-refractivity contribution is 6.09. The molecule has 3 aromatic rings. The highest BCUT2D eigenvalue weighted by Crippen LogP contribution is 2.55. The van der Waals surface area contributed by atoms with Crippen LogP contribution in [0.5, 0.6) is 5.75 Å². The van der Waals surface area contributed by atoms with E-state index in [0.717, 1.165) is 84.7 Å². The molecule has 3 aliphatic rings. The summed E-state index contributed by atoms with van der Waals surface area (Å²) in [6.07, 6.45) is 6.96. The average Bonchev–Trinajstić information content (AvgIpc) is 3.32. The fraction of sp³-hybridized carbons (Fsp3) is 0.407. The maximum Gasteiger partial charge on any atom is 0.235 e. The van der Waals surface area contributed by atoms with E-state index in [0.29, 0.717) is 0 Å². The van der Waals surface area contributed by atoms with Crippen LogP contribution in [0.2, 0.25) is 0 Å². The van der Waals surface area contributed by atoms with Gasteiger partial charge in [0.25, 0.3) is 0 Å². The summed E-state index contributed by atoms with van der Waals surface area (Å²) in [4.78, 5) is 15.4. The molecule has 1 aromatic heterocycles. The van der Waals surface area contributed by atoms with Gasteiger partial charge in [-0.15, -0.1) is 0 Å². The van der Waals surface area contributed by atoms with Crippen LogP contribution in [-0.4, -0.2) is 46.8 Å². The van der Waals surface area contributed by atoms with Crippen LogP contribution in [0.15, 0.2) is 48.7 Å². The van der Waals surface area contributed by atoms with E-state index in [9.17, 15) is 4.79 Å². The molecule has 170 valence electrons. The summed E-state index contributed by atoms with van der Waals surface area (Å²) in [5.41, 5.74) is 5.80. The van der Waals surface area contributed by atoms with E-state index in [4.69, 9.17) is 4.74 Å². The molecule has 0 unspecified atom stereocenters. The second-order valence-corrected chi connectivity index (χ2v) is 9.83. The summed E-state index contributed by atoms with van der Waals surface area (Å²) in [5.74, 6) is 0.928. The SMILES string of the molecule is Cc1cnn(-c2ccccc2)c1-c1cc(OC2CCN(C)CC2)c2c(c1)C1(CCC1)C(=O)N2. The van der Waals surface area contributed by atoms with E-state index in [1.165, 1.54) is 0 Å². The van der Waals surface area contributed by atoms with Gasteiger partial charge >= 0.3 is 0 Å². The van der Waals surface area contributed by atoms with Crippen molar-refractivity contribution < 1.29 is 9.53 Å². The van der Waals surface area contributed by atoms with Gasteiger partial charge in [-0.05, 0) is 75.0 Å². The number of fused-ring (bicyclic) bond motifs is 2. The van der Waals surface area contributed by atoms with Crippen molar-refractivity contribution >= 4 is 11.6 Å². The highest BCUT2D eigenvalue weighted by Gasteiger charge is 2.52. The number of ether oxygens (including phenoxy) is 1. The molecule has 6 nitrogen and oxygen atoms in total. The number of hydrogen-bond donors (Lipinski definition) is 1. The summed E-state index contributed by atoms with van der Waals surface area (Å²) >= 11 is 0. The number of nitrogens with one attached hydrogen (secondary N) is 1. The number of carbonyl (C=O) groups excluding carboxylic acids is 1. The zero-order valence-electron chi connectivity index (χ0n) is 19.3. The standard InChI is InChI=1S/C27H30N4O2/c1-18-17-28-31(20-7-4-3-5-8-20)25(18)19-15-22-24(29-26(32)27(22)11-6-12-27)23(16-19)33-21-9-13-30(2)14-10-21/h3-5,7-8,15-17,21H,6,9-14H2,1-2H3,(H,29,32). The Morgan fingerprint density at radius 1 is 1.12 bits per heavy atom. The third-order valence-electron chi connectivity index (χ3n) is 7.68. The lowest BCUT2D eigenvalue weighted by Gasteiger charge is -2.36. The summed E-state index contributed by atoms with van der Waals surface area (Å²) in [7, 11) is 2.16. The third kappa shape index (κ3) is 3.27. The fourth-order valence-corrected chi connectivity index (χ4v) is 5.56. The third-order valence-corrected chi connectivity index (χ3v) is 7.68. The number of carbonyl (C=O) groups is 1. The van der Waals surface area contributed by atoms with Gasteiger partial charge in [-0.25, -0.2) is 4.68 Å². The Morgan fingerprint density at radius 3 is 2.58 bits per heavy atom. The molecule has 2 aliphatic heterocycles. The first-order chi connectivity index (χ1) is 16.0.